The third kappa shape index (κ3) is 4.48. The maximum Gasteiger partial charge on any atom is 0.125 e. The maximum atomic E-state index is 5.44. The van der Waals surface area contributed by atoms with E-state index in [0.717, 1.165) is 45.0 Å². The largest absolute Gasteiger partial charge is 0.382 e. The summed E-state index contributed by atoms with van der Waals surface area (Å²) in [6.07, 6.45) is 6.03. The summed E-state index contributed by atoms with van der Waals surface area (Å²) in [4.78, 5) is 4.46. The molecule has 1 aromatic rings. The van der Waals surface area contributed by atoms with Crippen LogP contribution < -0.4 is 5.32 Å². The number of hydrogen-bond donors (Lipinski definition) is 1. The summed E-state index contributed by atoms with van der Waals surface area (Å²) in [6.45, 7) is 9.91. The molecule has 1 aromatic heterocycles. The minimum atomic E-state index is 0.302. The van der Waals surface area contributed by atoms with E-state index >= 15 is 0 Å². The van der Waals surface area contributed by atoms with Crippen LogP contribution in [0.2, 0.25) is 0 Å². The molecule has 0 amide bonds. The molecule has 1 unspecified atom stereocenters. The Bertz CT molecular complexity index is 299. The summed E-state index contributed by atoms with van der Waals surface area (Å²) >= 11 is 0. The molecule has 0 radical (unpaired) electrons. The third-order valence-electron chi connectivity index (χ3n) is 2.80. The normalized spacial score (nSPS) is 12.9. The number of rotatable bonds is 9. The van der Waals surface area contributed by atoms with Gasteiger partial charge in [-0.3, -0.25) is 0 Å². The highest BCUT2D eigenvalue weighted by atomic mass is 16.5. The number of imidazole rings is 1. The molecule has 98 valence electrons. The Hall–Kier alpha value is -0.870. The Balaban J connectivity index is 2.60. The lowest BCUT2D eigenvalue weighted by atomic mass is 10.2. The van der Waals surface area contributed by atoms with E-state index in [9.17, 15) is 0 Å². The first-order valence-corrected chi connectivity index (χ1v) is 6.65. The van der Waals surface area contributed by atoms with Gasteiger partial charge in [0, 0.05) is 32.2 Å². The Labute approximate surface area is 104 Å². The van der Waals surface area contributed by atoms with E-state index in [2.05, 4.69) is 28.7 Å². The van der Waals surface area contributed by atoms with E-state index in [1.165, 1.54) is 0 Å². The van der Waals surface area contributed by atoms with Gasteiger partial charge in [-0.25, -0.2) is 4.98 Å². The summed E-state index contributed by atoms with van der Waals surface area (Å²) in [5, 5.41) is 3.54. The third-order valence-corrected chi connectivity index (χ3v) is 2.80. The summed E-state index contributed by atoms with van der Waals surface area (Å²) in [5.74, 6) is 1.13. The highest BCUT2D eigenvalue weighted by Gasteiger charge is 2.15. The first-order chi connectivity index (χ1) is 8.33. The van der Waals surface area contributed by atoms with Crippen molar-refractivity contribution in [3.63, 3.8) is 0 Å². The predicted molar refractivity (Wildman–Crippen MR) is 70.0 cm³/mol. The van der Waals surface area contributed by atoms with Crippen molar-refractivity contribution in [3.8, 4) is 0 Å². The lowest BCUT2D eigenvalue weighted by molar-refractivity contribution is 0.135. The van der Waals surface area contributed by atoms with Gasteiger partial charge in [-0.1, -0.05) is 6.92 Å². The number of hydrogen-bond acceptors (Lipinski definition) is 3. The van der Waals surface area contributed by atoms with Crippen LogP contribution in [-0.4, -0.2) is 29.3 Å². The van der Waals surface area contributed by atoms with E-state index in [0.29, 0.717) is 6.04 Å². The van der Waals surface area contributed by atoms with Crippen molar-refractivity contribution in [1.29, 1.82) is 0 Å². The van der Waals surface area contributed by atoms with Crippen molar-refractivity contribution in [1.82, 2.24) is 14.9 Å². The van der Waals surface area contributed by atoms with Crippen molar-refractivity contribution in [3.05, 3.63) is 18.2 Å². The predicted octanol–water partition coefficient (Wildman–Crippen LogP) is 2.37. The van der Waals surface area contributed by atoms with Crippen LogP contribution in [0.1, 0.15) is 45.5 Å². The molecule has 0 saturated heterocycles. The summed E-state index contributed by atoms with van der Waals surface area (Å²) in [7, 11) is 0. The first kappa shape index (κ1) is 14.2. The fraction of sp³-hybridized carbons (Fsp3) is 0.769. The average molecular weight is 239 g/mol. The zero-order valence-corrected chi connectivity index (χ0v) is 11.3. The molecule has 17 heavy (non-hydrogen) atoms. The number of ether oxygens (including phenoxy) is 1. The molecule has 0 aliphatic carbocycles. The van der Waals surface area contributed by atoms with Crippen LogP contribution in [0.25, 0.3) is 0 Å². The molecule has 0 saturated carbocycles. The van der Waals surface area contributed by atoms with Gasteiger partial charge in [-0.15, -0.1) is 0 Å². The minimum absolute atomic E-state index is 0.302. The second-order valence-corrected chi connectivity index (χ2v) is 4.06. The zero-order chi connectivity index (χ0) is 12.5. The van der Waals surface area contributed by atoms with Crippen LogP contribution in [0, 0.1) is 0 Å². The van der Waals surface area contributed by atoms with E-state index in [4.69, 9.17) is 4.74 Å². The average Bonchev–Trinajstić information content (AvgIpc) is 2.81. The topological polar surface area (TPSA) is 39.1 Å². The minimum Gasteiger partial charge on any atom is -0.382 e. The van der Waals surface area contributed by atoms with Crippen molar-refractivity contribution in [2.75, 3.05) is 19.8 Å². The van der Waals surface area contributed by atoms with Gasteiger partial charge < -0.3 is 14.6 Å². The molecular formula is C13H25N3O. The van der Waals surface area contributed by atoms with Crippen LogP contribution >= 0.6 is 0 Å². The van der Waals surface area contributed by atoms with Crippen LogP contribution in [0.5, 0.6) is 0 Å². The second-order valence-electron chi connectivity index (χ2n) is 4.06. The van der Waals surface area contributed by atoms with Crippen molar-refractivity contribution in [2.24, 2.45) is 0 Å². The number of nitrogens with one attached hydrogen (secondary N) is 1. The van der Waals surface area contributed by atoms with Gasteiger partial charge in [0.1, 0.15) is 5.82 Å². The van der Waals surface area contributed by atoms with Gasteiger partial charge >= 0.3 is 0 Å². The summed E-state index contributed by atoms with van der Waals surface area (Å²) in [6, 6.07) is 0.302. The van der Waals surface area contributed by atoms with Gasteiger partial charge in [-0.2, -0.15) is 0 Å². The highest BCUT2D eigenvalue weighted by molar-refractivity contribution is 4.99. The van der Waals surface area contributed by atoms with Crippen LogP contribution in [0.4, 0.5) is 0 Å². The zero-order valence-electron chi connectivity index (χ0n) is 11.3. The fourth-order valence-corrected chi connectivity index (χ4v) is 1.88. The maximum absolute atomic E-state index is 5.44. The Kier molecular flexibility index (Phi) is 6.89. The van der Waals surface area contributed by atoms with E-state index in [1.807, 2.05) is 19.3 Å². The van der Waals surface area contributed by atoms with Gasteiger partial charge in [0.2, 0.25) is 0 Å². The van der Waals surface area contributed by atoms with Gasteiger partial charge in [0.25, 0.3) is 0 Å². The van der Waals surface area contributed by atoms with E-state index < -0.39 is 0 Å². The molecule has 4 heteroatoms. The van der Waals surface area contributed by atoms with E-state index in [-0.39, 0.29) is 0 Å². The molecular weight excluding hydrogens is 214 g/mol. The molecule has 0 aromatic carbocycles. The molecule has 0 spiro atoms. The highest BCUT2D eigenvalue weighted by Crippen LogP contribution is 2.15. The van der Waals surface area contributed by atoms with Crippen molar-refractivity contribution in [2.45, 2.75) is 46.2 Å². The molecule has 0 fully saturated rings. The SMILES string of the molecule is CCCNC(CCOCC)c1nccn1CC. The quantitative estimate of drug-likeness (QED) is 0.672. The van der Waals surface area contributed by atoms with Crippen molar-refractivity contribution < 1.29 is 4.74 Å². The van der Waals surface area contributed by atoms with Gasteiger partial charge in [0.05, 0.1) is 6.04 Å². The molecule has 1 N–H and O–H groups in total. The lowest BCUT2D eigenvalue weighted by Gasteiger charge is -2.19. The number of aromatic nitrogens is 2. The Morgan fingerprint density at radius 2 is 2.24 bits per heavy atom. The van der Waals surface area contributed by atoms with E-state index in [1.54, 1.807) is 0 Å². The summed E-state index contributed by atoms with van der Waals surface area (Å²) in [5.41, 5.74) is 0. The van der Waals surface area contributed by atoms with Gasteiger partial charge in [-0.05, 0) is 33.2 Å². The summed E-state index contributed by atoms with van der Waals surface area (Å²) < 4.78 is 7.63. The first-order valence-electron chi connectivity index (χ1n) is 6.65. The smallest absolute Gasteiger partial charge is 0.125 e. The molecule has 1 atom stereocenters. The Morgan fingerprint density at radius 3 is 2.88 bits per heavy atom. The molecule has 0 aliphatic heterocycles. The van der Waals surface area contributed by atoms with Crippen LogP contribution in [-0.2, 0) is 11.3 Å². The molecule has 1 heterocycles. The van der Waals surface area contributed by atoms with Gasteiger partial charge in [0.15, 0.2) is 0 Å². The number of nitrogens with zero attached hydrogens (tertiary/aromatic N) is 2. The molecule has 0 bridgehead atoms. The van der Waals surface area contributed by atoms with Crippen molar-refractivity contribution >= 4 is 0 Å². The molecule has 4 nitrogen and oxygen atoms in total. The molecule has 1 rings (SSSR count). The molecule has 0 aliphatic rings. The Morgan fingerprint density at radius 1 is 1.41 bits per heavy atom. The van der Waals surface area contributed by atoms with Crippen LogP contribution in [0.15, 0.2) is 12.4 Å². The lowest BCUT2D eigenvalue weighted by Crippen LogP contribution is -2.26. The standard InChI is InChI=1S/C13H25N3O/c1-4-8-14-12(7-11-17-6-3)13-15-9-10-16(13)5-2/h9-10,12,14H,4-8,11H2,1-3H3. The van der Waals surface area contributed by atoms with Crippen LogP contribution in [0.3, 0.4) is 0 Å². The number of aryl methyl sites for hydroxylation is 1. The second kappa shape index (κ2) is 8.25. The fourth-order valence-electron chi connectivity index (χ4n) is 1.88. The monoisotopic (exact) mass is 239 g/mol.